The van der Waals surface area contributed by atoms with E-state index < -0.39 is 5.41 Å². The maximum absolute atomic E-state index is 13.4. The zero-order valence-corrected chi connectivity index (χ0v) is 17.2. The predicted octanol–water partition coefficient (Wildman–Crippen LogP) is 3.03. The molecule has 2 aliphatic carbocycles. The molecule has 1 spiro atoms. The van der Waals surface area contributed by atoms with Gasteiger partial charge in [0.25, 0.3) is 0 Å². The number of thioether (sulfide) groups is 1. The van der Waals surface area contributed by atoms with Crippen LogP contribution in [0.3, 0.4) is 0 Å². The highest BCUT2D eigenvalue weighted by Gasteiger charge is 2.48. The van der Waals surface area contributed by atoms with Gasteiger partial charge in [0.1, 0.15) is 5.69 Å². The number of halogens is 1. The number of hydrogen-bond donors (Lipinski definition) is 1. The van der Waals surface area contributed by atoms with Gasteiger partial charge in [0.05, 0.1) is 21.3 Å². The maximum atomic E-state index is 13.4. The van der Waals surface area contributed by atoms with E-state index in [1.54, 1.807) is 12.3 Å². The first kappa shape index (κ1) is 17.0. The lowest BCUT2D eigenvalue weighted by Crippen LogP contribution is -2.41. The number of Topliss-reactive ketones (excluding diaryl/α,β-unsaturated/α-hetero) is 1. The summed E-state index contributed by atoms with van der Waals surface area (Å²) in [5.41, 5.74) is 4.37. The van der Waals surface area contributed by atoms with Crippen molar-refractivity contribution in [3.63, 3.8) is 0 Å². The molecule has 27 heavy (non-hydrogen) atoms. The van der Waals surface area contributed by atoms with Gasteiger partial charge in [0, 0.05) is 35.8 Å². The van der Waals surface area contributed by atoms with Crippen LogP contribution in [0.15, 0.2) is 56.3 Å². The van der Waals surface area contributed by atoms with Crippen LogP contribution in [0.5, 0.6) is 0 Å². The summed E-state index contributed by atoms with van der Waals surface area (Å²) in [5, 5.41) is 3.17. The molecule has 0 radical (unpaired) electrons. The smallest absolute Gasteiger partial charge is 0.226 e. The van der Waals surface area contributed by atoms with Crippen LogP contribution >= 0.6 is 27.7 Å². The summed E-state index contributed by atoms with van der Waals surface area (Å²) >= 11 is 4.94. The summed E-state index contributed by atoms with van der Waals surface area (Å²) in [6.07, 6.45) is 12.2. The number of ketones is 2. The average Bonchev–Trinajstić information content (AvgIpc) is 2.99. The standard InChI is InChI=1S/C20H16BrN3O2S/c1-24-9-10-3-5-22-16-14(10)18(24)19(26)17-15(16)20(4-6-23-17)8-11(21)12(25)7-13(20)27-2/h4,6-9,23H,3,5H2,1-2H3. The molecule has 1 aromatic rings. The molecule has 0 amide bonds. The molecule has 5 rings (SSSR count). The number of hydrogen-bond acceptors (Lipinski definition) is 5. The molecular formula is C20H16BrN3O2S. The van der Waals surface area contributed by atoms with Crippen molar-refractivity contribution in [3.8, 4) is 0 Å². The quantitative estimate of drug-likeness (QED) is 0.727. The molecule has 4 aliphatic rings. The number of fused-ring (bicyclic) bond motifs is 2. The molecule has 0 saturated heterocycles. The van der Waals surface area contributed by atoms with Crippen molar-refractivity contribution in [2.75, 3.05) is 12.8 Å². The third kappa shape index (κ3) is 2.09. The fourth-order valence-electron chi connectivity index (χ4n) is 4.42. The number of aliphatic imine (C=N–C) groups is 1. The van der Waals surface area contributed by atoms with E-state index in [4.69, 9.17) is 4.99 Å². The summed E-state index contributed by atoms with van der Waals surface area (Å²) in [6, 6.07) is 0. The van der Waals surface area contributed by atoms with Crippen LogP contribution in [0.4, 0.5) is 0 Å². The van der Waals surface area contributed by atoms with Gasteiger partial charge in [0.15, 0.2) is 5.78 Å². The van der Waals surface area contributed by atoms with Gasteiger partial charge in [-0.2, -0.15) is 0 Å². The number of aromatic nitrogens is 1. The van der Waals surface area contributed by atoms with E-state index in [2.05, 4.69) is 21.2 Å². The highest BCUT2D eigenvalue weighted by Crippen LogP contribution is 2.52. The summed E-state index contributed by atoms with van der Waals surface area (Å²) in [4.78, 5) is 31.4. The van der Waals surface area contributed by atoms with Crippen LogP contribution in [-0.2, 0) is 18.3 Å². The van der Waals surface area contributed by atoms with E-state index in [0.29, 0.717) is 22.4 Å². The number of aryl methyl sites for hydroxylation is 1. The van der Waals surface area contributed by atoms with Crippen LogP contribution in [0.2, 0.25) is 0 Å². The minimum Gasteiger partial charge on any atom is -0.358 e. The Hall–Kier alpha value is -2.12. The molecule has 5 nitrogen and oxygen atoms in total. The van der Waals surface area contributed by atoms with Crippen LogP contribution in [0.25, 0.3) is 0 Å². The van der Waals surface area contributed by atoms with Crippen LogP contribution in [0, 0.1) is 5.41 Å². The largest absolute Gasteiger partial charge is 0.358 e. The maximum Gasteiger partial charge on any atom is 0.226 e. The molecule has 1 N–H and O–H groups in total. The van der Waals surface area contributed by atoms with E-state index in [-0.39, 0.29) is 11.6 Å². The Bertz CT molecular complexity index is 1100. The predicted molar refractivity (Wildman–Crippen MR) is 110 cm³/mol. The monoisotopic (exact) mass is 441 g/mol. The molecule has 2 aliphatic heterocycles. The first-order valence-electron chi connectivity index (χ1n) is 8.64. The lowest BCUT2D eigenvalue weighted by atomic mass is 9.68. The second kappa shape index (κ2) is 5.69. The Morgan fingerprint density at radius 1 is 1.37 bits per heavy atom. The summed E-state index contributed by atoms with van der Waals surface area (Å²) in [6.45, 7) is 0.693. The van der Waals surface area contributed by atoms with Crippen LogP contribution < -0.4 is 5.32 Å². The SMILES string of the molecule is CSC1=CC(=O)C(Br)=CC12C=CNC1=C2C2=NCCc3cn(C)c(c32)C1=O. The minimum atomic E-state index is -0.677. The molecule has 1 unspecified atom stereocenters. The highest BCUT2D eigenvalue weighted by atomic mass is 79.9. The van der Waals surface area contributed by atoms with Crippen molar-refractivity contribution in [1.29, 1.82) is 0 Å². The van der Waals surface area contributed by atoms with Crippen molar-refractivity contribution in [2.24, 2.45) is 17.5 Å². The Balaban J connectivity index is 1.84. The molecule has 0 saturated carbocycles. The number of nitrogens with zero attached hydrogens (tertiary/aromatic N) is 2. The first-order chi connectivity index (χ1) is 13.0. The van der Waals surface area contributed by atoms with E-state index in [0.717, 1.165) is 33.7 Å². The number of allylic oxidation sites excluding steroid dienone is 7. The van der Waals surface area contributed by atoms with Gasteiger partial charge in [-0.15, -0.1) is 11.8 Å². The highest BCUT2D eigenvalue weighted by molar-refractivity contribution is 9.12. The Labute approximate surface area is 169 Å². The number of carbonyl (C=O) groups excluding carboxylic acids is 2. The van der Waals surface area contributed by atoms with Gasteiger partial charge in [-0.25, -0.2) is 0 Å². The fraction of sp³-hybridized carbons (Fsp3) is 0.250. The molecular weight excluding hydrogens is 426 g/mol. The zero-order chi connectivity index (χ0) is 18.9. The number of nitrogens with one attached hydrogen (secondary N) is 1. The van der Waals surface area contributed by atoms with Gasteiger partial charge in [-0.1, -0.05) is 0 Å². The second-order valence-electron chi connectivity index (χ2n) is 6.96. The van der Waals surface area contributed by atoms with Crippen molar-refractivity contribution in [2.45, 2.75) is 6.42 Å². The van der Waals surface area contributed by atoms with Gasteiger partial charge in [-0.05, 0) is 58.6 Å². The number of rotatable bonds is 1. The third-order valence-electron chi connectivity index (χ3n) is 5.54. The average molecular weight is 442 g/mol. The lowest BCUT2D eigenvalue weighted by molar-refractivity contribution is -0.110. The van der Waals surface area contributed by atoms with Crippen LogP contribution in [-0.4, -0.2) is 34.6 Å². The minimum absolute atomic E-state index is 0.0276. The van der Waals surface area contributed by atoms with E-state index >= 15 is 0 Å². The van der Waals surface area contributed by atoms with Crippen molar-refractivity contribution < 1.29 is 9.59 Å². The molecule has 3 heterocycles. The molecule has 1 aromatic heterocycles. The Kier molecular flexibility index (Phi) is 3.58. The van der Waals surface area contributed by atoms with Gasteiger partial charge < -0.3 is 9.88 Å². The Morgan fingerprint density at radius 3 is 2.96 bits per heavy atom. The van der Waals surface area contributed by atoms with Crippen molar-refractivity contribution in [1.82, 2.24) is 9.88 Å². The van der Waals surface area contributed by atoms with E-state index in [9.17, 15) is 9.59 Å². The summed E-state index contributed by atoms with van der Waals surface area (Å²) < 4.78 is 2.41. The molecule has 7 heteroatoms. The van der Waals surface area contributed by atoms with E-state index in [1.807, 2.05) is 36.2 Å². The Morgan fingerprint density at radius 2 is 2.19 bits per heavy atom. The van der Waals surface area contributed by atoms with Crippen LogP contribution in [0.1, 0.15) is 21.6 Å². The van der Waals surface area contributed by atoms with Gasteiger partial charge >= 0.3 is 0 Å². The summed E-state index contributed by atoms with van der Waals surface area (Å²) in [7, 11) is 1.91. The van der Waals surface area contributed by atoms with E-state index in [1.165, 1.54) is 11.8 Å². The normalized spacial score (nSPS) is 25.7. The first-order valence-corrected chi connectivity index (χ1v) is 10.7. The molecule has 0 fully saturated rings. The fourth-order valence-corrected chi connectivity index (χ4v) is 5.69. The summed E-state index contributed by atoms with van der Waals surface area (Å²) in [5.74, 6) is -0.0898. The lowest BCUT2D eigenvalue weighted by Gasteiger charge is -2.41. The van der Waals surface area contributed by atoms with Crippen molar-refractivity contribution in [3.05, 3.63) is 68.1 Å². The second-order valence-corrected chi connectivity index (χ2v) is 8.67. The molecule has 1 atom stereocenters. The zero-order valence-electron chi connectivity index (χ0n) is 14.8. The molecule has 0 bridgehead atoms. The van der Waals surface area contributed by atoms with Crippen molar-refractivity contribution >= 4 is 45.0 Å². The third-order valence-corrected chi connectivity index (χ3v) is 7.06. The number of dihydropyridines is 1. The number of carbonyl (C=O) groups is 2. The molecule has 0 aromatic carbocycles. The molecule has 136 valence electrons. The topological polar surface area (TPSA) is 63.5 Å². The van der Waals surface area contributed by atoms with Gasteiger partial charge in [0.2, 0.25) is 5.78 Å². The van der Waals surface area contributed by atoms with Gasteiger partial charge in [-0.3, -0.25) is 14.6 Å².